The highest BCUT2D eigenvalue weighted by Crippen LogP contribution is 2.45. The highest BCUT2D eigenvalue weighted by molar-refractivity contribution is 6.35. The van der Waals surface area contributed by atoms with Crippen molar-refractivity contribution in [2.45, 2.75) is 101 Å². The van der Waals surface area contributed by atoms with Crippen LogP contribution in [0.5, 0.6) is 0 Å². The van der Waals surface area contributed by atoms with Crippen molar-refractivity contribution in [3.8, 4) is 5.69 Å². The van der Waals surface area contributed by atoms with Crippen LogP contribution in [0, 0.1) is 11.8 Å². The van der Waals surface area contributed by atoms with Gasteiger partial charge in [0.15, 0.2) is 0 Å². The molecule has 4 fully saturated rings. The fourth-order valence-corrected chi connectivity index (χ4v) is 10.9. The lowest BCUT2D eigenvalue weighted by molar-refractivity contribution is -0.133. The van der Waals surface area contributed by atoms with Gasteiger partial charge in [-0.05, 0) is 169 Å². The fraction of sp³-hybridized carbons (Fsp3) is 0.522. The average Bonchev–Trinajstić information content (AvgIpc) is 3.42. The van der Waals surface area contributed by atoms with Crippen LogP contribution in [0.25, 0.3) is 16.6 Å². The van der Waals surface area contributed by atoms with Crippen molar-refractivity contribution >= 4 is 40.0 Å². The van der Waals surface area contributed by atoms with Gasteiger partial charge in [0.25, 0.3) is 5.56 Å². The molecule has 9 rings (SSSR count). The molecule has 0 radical (unpaired) electrons. The van der Waals surface area contributed by atoms with Crippen molar-refractivity contribution in [2.75, 3.05) is 44.6 Å². The van der Waals surface area contributed by atoms with E-state index in [1.165, 1.54) is 94.2 Å². The quantitative estimate of drug-likeness (QED) is 0.177. The number of amides is 2. The van der Waals surface area contributed by atoms with Crippen LogP contribution < -0.4 is 16.2 Å². The minimum Gasteiger partial charge on any atom is -0.374 e. The number of benzene rings is 3. The first kappa shape index (κ1) is 37.5. The number of rotatable bonds is 8. The van der Waals surface area contributed by atoms with Gasteiger partial charge in [-0.1, -0.05) is 41.9 Å². The summed E-state index contributed by atoms with van der Waals surface area (Å²) in [6.07, 6.45) is 11.1. The third-order valence-electron chi connectivity index (χ3n) is 14.0. The maximum atomic E-state index is 13.1. The molecule has 3 aromatic carbocycles. The number of hydrogen-bond donors (Lipinski definition) is 2. The van der Waals surface area contributed by atoms with Gasteiger partial charge in [0.05, 0.1) is 27.0 Å². The molecule has 2 N–H and O–H groups in total. The van der Waals surface area contributed by atoms with E-state index in [2.05, 4.69) is 86.3 Å². The van der Waals surface area contributed by atoms with E-state index in [4.69, 9.17) is 11.6 Å². The second kappa shape index (κ2) is 15.4. The topological polar surface area (TPSA) is 99.6 Å². The molecule has 1 saturated carbocycles. The van der Waals surface area contributed by atoms with Crippen molar-refractivity contribution < 1.29 is 9.59 Å². The Morgan fingerprint density at radius 3 is 2.00 bits per heavy atom. The molecule has 56 heavy (non-hydrogen) atoms. The van der Waals surface area contributed by atoms with Gasteiger partial charge in [0, 0.05) is 25.2 Å². The first-order chi connectivity index (χ1) is 27.1. The smallest absolute Gasteiger partial charge is 0.282 e. The summed E-state index contributed by atoms with van der Waals surface area (Å²) in [5, 5.41) is 6.68. The number of carbonyl (C=O) groups is 2. The van der Waals surface area contributed by atoms with E-state index in [9.17, 15) is 14.4 Å². The first-order valence-corrected chi connectivity index (χ1v) is 21.5. The monoisotopic (exact) mass is 774 g/mol. The molecular weight excluding hydrogens is 720 g/mol. The summed E-state index contributed by atoms with van der Waals surface area (Å²) in [4.78, 5) is 46.7. The largest absolute Gasteiger partial charge is 0.374 e. The number of anilines is 1. The van der Waals surface area contributed by atoms with Crippen LogP contribution in [-0.2, 0) is 15.0 Å². The lowest BCUT2D eigenvalue weighted by Crippen LogP contribution is -2.47. The predicted molar refractivity (Wildman–Crippen MR) is 223 cm³/mol. The van der Waals surface area contributed by atoms with Crippen molar-refractivity contribution in [1.82, 2.24) is 24.7 Å². The average molecular weight is 775 g/mol. The Bertz CT molecular complexity index is 2180. The van der Waals surface area contributed by atoms with Gasteiger partial charge < -0.3 is 15.1 Å². The molecule has 4 aliphatic heterocycles. The summed E-state index contributed by atoms with van der Waals surface area (Å²) in [5.41, 5.74) is 6.29. The molecule has 10 heteroatoms. The van der Waals surface area contributed by atoms with E-state index >= 15 is 0 Å². The van der Waals surface area contributed by atoms with E-state index in [0.717, 1.165) is 47.6 Å². The van der Waals surface area contributed by atoms with Gasteiger partial charge in [-0.25, -0.2) is 0 Å². The Balaban J connectivity index is 0.726. The first-order valence-electron chi connectivity index (χ1n) is 21.1. The molecule has 1 atom stereocenters. The van der Waals surface area contributed by atoms with Crippen LogP contribution in [0.2, 0.25) is 5.02 Å². The molecule has 294 valence electrons. The number of nitrogens with one attached hydrogen (secondary N) is 2. The fourth-order valence-electron chi connectivity index (χ4n) is 10.6. The van der Waals surface area contributed by atoms with Crippen molar-refractivity contribution in [1.29, 1.82) is 0 Å². The zero-order valence-corrected chi connectivity index (χ0v) is 33.6. The molecule has 2 amide bonds. The highest BCUT2D eigenvalue weighted by Gasteiger charge is 2.39. The standard InChI is InChI=1S/C46H55ClN6O3/c1-46(2)36-15-12-34(26-40(36)53-39-5-3-4-37(47)42(39)44(56)50-45(46)53)33-20-24-52(25-21-33)28-30-8-6-29(7-9-30)27-51-22-18-32(19-23-51)31-10-13-35(14-11-31)48-38-16-17-41(54)49-43(38)55/h3-5,10-15,26,29-30,32-33,38,48H,6-9,16-25,27-28H2,1-2H3,(H,49,54,55). The lowest BCUT2D eigenvalue weighted by Gasteiger charge is -2.39. The predicted octanol–water partition coefficient (Wildman–Crippen LogP) is 7.76. The third-order valence-corrected chi connectivity index (χ3v) is 14.3. The molecule has 0 bridgehead atoms. The number of carbonyl (C=O) groups excluding carboxylic acids is 2. The van der Waals surface area contributed by atoms with E-state index in [0.29, 0.717) is 35.1 Å². The number of piperidine rings is 3. The van der Waals surface area contributed by atoms with Crippen LogP contribution in [-0.4, -0.2) is 76.5 Å². The number of aromatic nitrogens is 2. The van der Waals surface area contributed by atoms with E-state index in [1.807, 2.05) is 12.1 Å². The van der Waals surface area contributed by atoms with Crippen LogP contribution >= 0.6 is 11.6 Å². The van der Waals surface area contributed by atoms with Crippen molar-refractivity contribution in [3.63, 3.8) is 0 Å². The van der Waals surface area contributed by atoms with E-state index < -0.39 is 0 Å². The Morgan fingerprint density at radius 1 is 0.768 bits per heavy atom. The summed E-state index contributed by atoms with van der Waals surface area (Å²) in [6, 6.07) is 20.9. The summed E-state index contributed by atoms with van der Waals surface area (Å²) < 4.78 is 2.18. The Labute approximate surface area is 335 Å². The summed E-state index contributed by atoms with van der Waals surface area (Å²) in [7, 11) is 0. The normalized spacial score (nSPS) is 24.9. The molecule has 5 aliphatic rings. The lowest BCUT2D eigenvalue weighted by atomic mass is 9.80. The van der Waals surface area contributed by atoms with Gasteiger partial charge in [0.2, 0.25) is 11.8 Å². The van der Waals surface area contributed by atoms with Crippen LogP contribution in [0.4, 0.5) is 5.69 Å². The maximum Gasteiger partial charge on any atom is 0.282 e. The molecule has 4 aromatic rings. The van der Waals surface area contributed by atoms with Crippen LogP contribution in [0.1, 0.15) is 112 Å². The number of nitrogens with zero attached hydrogens (tertiary/aromatic N) is 4. The van der Waals surface area contributed by atoms with Crippen molar-refractivity contribution in [3.05, 3.63) is 98.6 Å². The second-order valence-corrected chi connectivity index (χ2v) is 18.3. The Morgan fingerprint density at radius 2 is 1.38 bits per heavy atom. The van der Waals surface area contributed by atoms with Gasteiger partial charge in [-0.3, -0.25) is 24.3 Å². The van der Waals surface area contributed by atoms with Crippen LogP contribution in [0.3, 0.4) is 0 Å². The SMILES string of the molecule is CC1(C)c2ccc(C3CCN(CC4CCC(CN5CCC(c6ccc(NC7CCC(=O)NC7=O)cc6)CC5)CC4)CC3)cc2-n2c1nc(=O)c1c(Cl)cccc12. The Hall–Kier alpha value is -4.05. The third kappa shape index (κ3) is 7.31. The molecule has 1 aliphatic carbocycles. The molecule has 3 saturated heterocycles. The van der Waals surface area contributed by atoms with Gasteiger partial charge >= 0.3 is 0 Å². The van der Waals surface area contributed by atoms with Crippen molar-refractivity contribution in [2.24, 2.45) is 11.8 Å². The van der Waals surface area contributed by atoms with Gasteiger partial charge in [0.1, 0.15) is 11.9 Å². The second-order valence-electron chi connectivity index (χ2n) is 17.9. The van der Waals surface area contributed by atoms with Gasteiger partial charge in [-0.15, -0.1) is 0 Å². The molecule has 1 aromatic heterocycles. The van der Waals surface area contributed by atoms with Gasteiger partial charge in [-0.2, -0.15) is 4.98 Å². The zero-order chi connectivity index (χ0) is 38.6. The van der Waals surface area contributed by atoms with Crippen LogP contribution in [0.15, 0.2) is 65.5 Å². The van der Waals surface area contributed by atoms with E-state index in [1.54, 1.807) is 6.07 Å². The minimum absolute atomic E-state index is 0.184. The molecule has 1 unspecified atom stereocenters. The summed E-state index contributed by atoms with van der Waals surface area (Å²) in [6.45, 7) is 11.5. The number of hydrogen-bond acceptors (Lipinski definition) is 7. The summed E-state index contributed by atoms with van der Waals surface area (Å²) in [5.74, 6) is 3.14. The minimum atomic E-state index is -0.362. The highest BCUT2D eigenvalue weighted by atomic mass is 35.5. The molecule has 0 spiro atoms. The molecule has 9 nitrogen and oxygen atoms in total. The molecule has 5 heterocycles. The van der Waals surface area contributed by atoms with E-state index in [-0.39, 0.29) is 28.8 Å². The zero-order valence-electron chi connectivity index (χ0n) is 32.9. The number of imide groups is 1. The number of halogens is 1. The molecular formula is C46H55ClN6O3. The maximum absolute atomic E-state index is 13.1. The Kier molecular flexibility index (Phi) is 10.3. The number of fused-ring (bicyclic) bond motifs is 5. The summed E-state index contributed by atoms with van der Waals surface area (Å²) >= 11 is 6.52. The number of likely N-dealkylation sites (tertiary alicyclic amines) is 2.